The molecular weight excluding hydrogens is 2010 g/mol. The second-order valence-corrected chi connectivity index (χ2v) is 38.2. The molecule has 0 saturated heterocycles. The first-order valence-corrected chi connectivity index (χ1v) is 45.9. The summed E-state index contributed by atoms with van der Waals surface area (Å²) in [6, 6.07) is 126. The van der Waals surface area contributed by atoms with Crippen molar-refractivity contribution in [3.63, 3.8) is 0 Å². The van der Waals surface area contributed by atoms with Crippen molar-refractivity contribution in [2.75, 3.05) is 0 Å². The summed E-state index contributed by atoms with van der Waals surface area (Å²) in [7, 11) is 0. The number of para-hydroxylation sites is 6. The van der Waals surface area contributed by atoms with Gasteiger partial charge in [0.05, 0.1) is 84.7 Å². The van der Waals surface area contributed by atoms with Crippen molar-refractivity contribution in [3.8, 4) is 56.4 Å². The first-order valence-electron chi connectivity index (χ1n) is 45.9. The van der Waals surface area contributed by atoms with Crippen molar-refractivity contribution in [1.29, 1.82) is 0 Å². The predicted octanol–water partition coefficient (Wildman–Crippen LogP) is 25.0. The zero-order chi connectivity index (χ0) is 80.9. The van der Waals surface area contributed by atoms with Crippen LogP contribution in [0.15, 0.2) is 316 Å². The molecule has 9 atom stereocenters. The van der Waals surface area contributed by atoms with Gasteiger partial charge >= 0.3 is 62.2 Å². The van der Waals surface area contributed by atoms with Gasteiger partial charge in [0.15, 0.2) is 11.1 Å². The predicted molar refractivity (Wildman–Crippen MR) is 501 cm³/mol. The molecule has 12 aliphatic rings. The molecule has 3 fully saturated rings. The van der Waals surface area contributed by atoms with Gasteiger partial charge in [0.1, 0.15) is 39.2 Å². The van der Waals surface area contributed by atoms with Gasteiger partial charge in [0, 0.05) is 77.3 Å². The summed E-state index contributed by atoms with van der Waals surface area (Å²) in [6.07, 6.45) is 18.5. The monoisotopic (exact) mass is 2080 g/mol. The van der Waals surface area contributed by atoms with Gasteiger partial charge in [-0.05, 0) is 194 Å². The van der Waals surface area contributed by atoms with E-state index in [0.717, 1.165) is 16.7 Å². The van der Waals surface area contributed by atoms with Gasteiger partial charge in [0.2, 0.25) is 0 Å². The van der Waals surface area contributed by atoms with Gasteiger partial charge < -0.3 is 13.7 Å². The first-order chi connectivity index (χ1) is 62.6. The largest absolute Gasteiger partial charge is 2.00 e. The number of hydrogen-bond acceptors (Lipinski definition) is 0. The van der Waals surface area contributed by atoms with E-state index in [1.807, 2.05) is 6.07 Å². The third kappa shape index (κ3) is 7.85. The molecule has 0 radical (unpaired) electrons. The summed E-state index contributed by atoms with van der Waals surface area (Å²) >= 11 is 0. The Kier molecular flexibility index (Phi) is 13.8. The fourth-order valence-corrected chi connectivity index (χ4v) is 30.1. The Morgan fingerprint density at radius 1 is 0.273 bits per heavy atom. The Balaban J connectivity index is 0.0000000910. The number of benzene rings is 14. The molecule has 0 bridgehead atoms. The summed E-state index contributed by atoms with van der Waals surface area (Å²) in [6.45, 7) is 0. The van der Waals surface area contributed by atoms with Crippen LogP contribution in [0.1, 0.15) is 126 Å². The normalized spacial score (nSPS) is 22.1. The summed E-state index contributed by atoms with van der Waals surface area (Å²) in [4.78, 5) is 0. The van der Waals surface area contributed by atoms with Crippen LogP contribution >= 0.6 is 0 Å². The quantitative estimate of drug-likeness (QED) is 0.122. The molecule has 9 unspecified atom stereocenters. The van der Waals surface area contributed by atoms with Crippen LogP contribution in [0.5, 0.6) is 0 Å². The van der Waals surface area contributed by atoms with Crippen LogP contribution in [0, 0.1) is 104 Å². The number of hydrogen-bond donors (Lipinski definition) is 0. The molecule has 6 aliphatic heterocycles. The summed E-state index contributed by atoms with van der Waals surface area (Å²) < 4.78 is 23.7. The second-order valence-electron chi connectivity index (χ2n) is 38.2. The fourth-order valence-electron chi connectivity index (χ4n) is 30.1. The van der Waals surface area contributed by atoms with Crippen LogP contribution < -0.4 is 13.7 Å². The molecule has 3 saturated carbocycles. The van der Waals surface area contributed by atoms with Crippen LogP contribution in [0.4, 0.5) is 0 Å². The molecule has 15 heterocycles. The molecular formula is C117H76N9U2+3. The van der Waals surface area contributed by atoms with Crippen molar-refractivity contribution in [3.05, 3.63) is 390 Å². The Hall–Kier alpha value is -12.6. The SMILES string of the molecule is [U+2].[U+2].[c-]1ccccc1-c1[c-]c2c3c(c1)-n1c4ccccc4c4ccc5c(c41)C3(C1CCCC21)[n+]1cccc2c3ccccc3n-5c21.[c-]1ccccc1-c1[c-]cc2c3c1C1CCCC1C31c3c(ccc4c5ccccc5n-2c34)-n2c3ccccc3c3ccc[n+]1c32.c1cc2c3c(c1)-n1c4ccccc4c4ccc5c(c41)C3(C1CCCC21)[n+]1cccc2c3ccccc3n-5c21. The average Bonchev–Trinajstić information content (AvgIpc) is 1.47. The summed E-state index contributed by atoms with van der Waals surface area (Å²) in [5.41, 5.74) is 41.4. The Labute approximate surface area is 783 Å². The minimum Gasteiger partial charge on any atom is -0.350 e. The van der Waals surface area contributed by atoms with Gasteiger partial charge in [0.25, 0.3) is 16.9 Å². The summed E-state index contributed by atoms with van der Waals surface area (Å²) in [5, 5.41) is 16.1. The first kappa shape index (κ1) is 71.5. The zero-order valence-corrected chi connectivity index (χ0v) is 78.2. The maximum absolute atomic E-state index is 4.08. The minimum atomic E-state index is -0.298. The van der Waals surface area contributed by atoms with Crippen molar-refractivity contribution in [2.24, 2.45) is 17.8 Å². The Morgan fingerprint density at radius 2 is 0.656 bits per heavy atom. The zero-order valence-electron chi connectivity index (χ0n) is 69.9. The average molecular weight is 2080 g/mol. The molecule has 23 aromatic rings. The van der Waals surface area contributed by atoms with Crippen molar-refractivity contribution >= 4 is 131 Å². The third-order valence-electron chi connectivity index (χ3n) is 33.7. The van der Waals surface area contributed by atoms with Gasteiger partial charge in [-0.15, -0.1) is 23.8 Å². The topological polar surface area (TPSA) is 41.2 Å². The van der Waals surface area contributed by atoms with Crippen molar-refractivity contribution in [2.45, 2.75) is 92.2 Å². The van der Waals surface area contributed by atoms with E-state index in [1.165, 1.54) is 268 Å². The smallest absolute Gasteiger partial charge is 0.350 e. The molecule has 6 aliphatic carbocycles. The molecule has 9 aromatic heterocycles. The van der Waals surface area contributed by atoms with Crippen molar-refractivity contribution < 1.29 is 75.9 Å². The Bertz CT molecular complexity index is 9130. The maximum Gasteiger partial charge on any atom is 2.00 e. The molecule has 11 heteroatoms. The standard InChI is InChI=1S/2C41H26N3.C35H24N3.2U/c1-2-10-24(11-3-1)25-19-21-34-37-36(25)30-14-8-16-31(30)41(37)38-35(22-20-28-26-12-4-6-17-32(26)43(34)39(28)38)44-33-18-7-5-13-27(33)29-15-9-23-42(41)40(29)44;1-2-10-24(11-3-1)25-22-31-26-14-8-16-32(26)41-37(31)36(23-25)43-33-17-6-4-12-27(33)29-19-20-35(38(41)39(29)43)44-34-18-7-5-13-28(34)30-15-9-21-42(41)40(30)44;1-3-14-27-21(8-1)24-17-18-30-32-33(24)37(27)29-16-6-11-23-20-10-5-13-26(20)35(32,31(23)29)36-19-7-12-25-22-9-2-4-15-28(22)38(30)34(25)36;;/h1-7,9-10,12-13,15,17-18,20-23,30-31H,8,14,16H2;1-7,9-10,12-13,15,17-21,23,26,32H,8,14,16H2;1-4,6-9,11-12,14-20,26H,5,10,13H2;;/q2*-1;+1;2*+2. The molecule has 594 valence electrons. The molecule has 14 aromatic carbocycles. The van der Waals surface area contributed by atoms with E-state index in [-0.39, 0.29) is 78.8 Å². The van der Waals surface area contributed by atoms with Crippen LogP contribution in [0.2, 0.25) is 0 Å². The van der Waals surface area contributed by atoms with E-state index in [1.54, 1.807) is 11.1 Å². The molecule has 3 spiro atoms. The van der Waals surface area contributed by atoms with Crippen LogP contribution in [-0.2, 0) is 16.6 Å². The van der Waals surface area contributed by atoms with E-state index >= 15 is 0 Å². The number of fused-ring (bicyclic) bond motifs is 30. The van der Waals surface area contributed by atoms with E-state index in [0.29, 0.717) is 35.5 Å². The second kappa shape index (κ2) is 24.6. The van der Waals surface area contributed by atoms with E-state index < -0.39 is 0 Å². The van der Waals surface area contributed by atoms with E-state index in [4.69, 9.17) is 0 Å². The number of pyridine rings is 3. The number of aromatic nitrogens is 9. The minimum absolute atomic E-state index is 0. The molecule has 128 heavy (non-hydrogen) atoms. The number of rotatable bonds is 2. The Morgan fingerprint density at radius 3 is 1.14 bits per heavy atom. The van der Waals surface area contributed by atoms with Gasteiger partial charge in [-0.2, -0.15) is 86.0 Å². The van der Waals surface area contributed by atoms with Gasteiger partial charge in [-0.3, -0.25) is 0 Å². The van der Waals surface area contributed by atoms with E-state index in [9.17, 15) is 0 Å². The van der Waals surface area contributed by atoms with Crippen LogP contribution in [0.25, 0.3) is 188 Å². The fraction of sp³-hybridized carbons (Fsp3) is 0.154. The van der Waals surface area contributed by atoms with Crippen LogP contribution in [0.3, 0.4) is 0 Å². The van der Waals surface area contributed by atoms with Gasteiger partial charge in [-0.1, -0.05) is 146 Å². The van der Waals surface area contributed by atoms with Gasteiger partial charge in [-0.25, -0.2) is 36.0 Å². The maximum atomic E-state index is 4.08. The van der Waals surface area contributed by atoms with E-state index in [2.05, 4.69) is 375 Å². The van der Waals surface area contributed by atoms with Crippen molar-refractivity contribution in [1.82, 2.24) is 27.4 Å². The number of nitrogens with zero attached hydrogens (tertiary/aromatic N) is 9. The molecule has 0 N–H and O–H groups in total. The third-order valence-corrected chi connectivity index (χ3v) is 33.7. The molecule has 0 amide bonds. The van der Waals surface area contributed by atoms with Crippen LogP contribution in [-0.4, -0.2) is 27.4 Å². The summed E-state index contributed by atoms with van der Waals surface area (Å²) in [5.74, 6) is 3.07. The molecule has 35 rings (SSSR count). The molecule has 9 nitrogen and oxygen atoms in total.